The molecule has 0 bridgehead atoms. The Kier molecular flexibility index (Phi) is 9.97. The van der Waals surface area contributed by atoms with Gasteiger partial charge in [0.05, 0.1) is 17.7 Å². The predicted octanol–water partition coefficient (Wildman–Crippen LogP) is 3.62. The van der Waals surface area contributed by atoms with E-state index in [1.54, 1.807) is 14.2 Å². The van der Waals surface area contributed by atoms with Gasteiger partial charge in [-0.15, -0.1) is 12.4 Å². The van der Waals surface area contributed by atoms with Crippen LogP contribution in [0.25, 0.3) is 10.9 Å². The molecule has 8 nitrogen and oxygen atoms in total. The van der Waals surface area contributed by atoms with Crippen LogP contribution in [0.2, 0.25) is 0 Å². The molecule has 4 rings (SSSR count). The lowest BCUT2D eigenvalue weighted by molar-refractivity contribution is -0.122. The molecule has 0 aliphatic carbocycles. The molecule has 0 radical (unpaired) electrons. The predicted molar refractivity (Wildman–Crippen MR) is 148 cm³/mol. The molecule has 1 aromatic heterocycles. The SMILES string of the molecule is CNC(=O)COc1ccc(CN)cc1C1CCN(C(=O)c2cn(CCOC)c3c(C)cccc23)CC1.Cl. The van der Waals surface area contributed by atoms with Gasteiger partial charge in [0.15, 0.2) is 6.61 Å². The Morgan fingerprint density at radius 3 is 2.59 bits per heavy atom. The Morgan fingerprint density at radius 1 is 1.16 bits per heavy atom. The maximum atomic E-state index is 13.6. The zero-order chi connectivity index (χ0) is 25.7. The van der Waals surface area contributed by atoms with Crippen LogP contribution in [0, 0.1) is 6.92 Å². The number of carbonyl (C=O) groups is 2. The van der Waals surface area contributed by atoms with E-state index < -0.39 is 0 Å². The number of likely N-dealkylation sites (tertiary alicyclic amines) is 1. The molecule has 2 amide bonds. The van der Waals surface area contributed by atoms with E-state index in [0.717, 1.165) is 46.0 Å². The summed E-state index contributed by atoms with van der Waals surface area (Å²) < 4.78 is 13.2. The first-order valence-electron chi connectivity index (χ1n) is 12.5. The van der Waals surface area contributed by atoms with Crippen LogP contribution in [-0.2, 0) is 22.6 Å². The Morgan fingerprint density at radius 2 is 1.92 bits per heavy atom. The molecule has 200 valence electrons. The van der Waals surface area contributed by atoms with E-state index in [1.807, 2.05) is 35.4 Å². The molecule has 0 saturated carbocycles. The second-order valence-corrected chi connectivity index (χ2v) is 9.30. The number of rotatable bonds is 9. The van der Waals surface area contributed by atoms with E-state index in [4.69, 9.17) is 15.2 Å². The number of nitrogens with two attached hydrogens (primary N) is 1. The number of aryl methyl sites for hydroxylation is 1. The number of ether oxygens (including phenoxy) is 2. The number of carbonyl (C=O) groups excluding carboxylic acids is 2. The quantitative estimate of drug-likeness (QED) is 0.442. The highest BCUT2D eigenvalue weighted by atomic mass is 35.5. The number of benzene rings is 2. The fourth-order valence-corrected chi connectivity index (χ4v) is 5.04. The third-order valence-electron chi connectivity index (χ3n) is 7.04. The minimum atomic E-state index is -0.177. The first-order valence-corrected chi connectivity index (χ1v) is 12.5. The van der Waals surface area contributed by atoms with Gasteiger partial charge < -0.3 is 30.0 Å². The number of nitrogens with one attached hydrogen (secondary N) is 1. The standard InChI is InChI=1S/C28H36N4O4.ClH/c1-19-5-4-6-22-24(17-32(27(19)22)13-14-35-3)28(34)31-11-9-21(10-12-31)23-15-20(16-29)7-8-25(23)36-18-26(33)30-2;/h4-8,15,17,21H,9-14,16,18,29H2,1-3H3,(H,30,33);1H. The van der Waals surface area contributed by atoms with Crippen molar-refractivity contribution in [3.63, 3.8) is 0 Å². The number of likely N-dealkylation sites (N-methyl/N-ethyl adjacent to an activating group) is 1. The van der Waals surface area contributed by atoms with Crippen LogP contribution in [0.5, 0.6) is 5.75 Å². The molecule has 3 aromatic rings. The topological polar surface area (TPSA) is 98.8 Å². The maximum absolute atomic E-state index is 13.6. The summed E-state index contributed by atoms with van der Waals surface area (Å²) in [6.07, 6.45) is 3.61. The van der Waals surface area contributed by atoms with E-state index in [0.29, 0.717) is 38.5 Å². The van der Waals surface area contributed by atoms with Gasteiger partial charge >= 0.3 is 0 Å². The number of aromatic nitrogens is 1. The van der Waals surface area contributed by atoms with Crippen LogP contribution in [0.1, 0.15) is 45.8 Å². The van der Waals surface area contributed by atoms with Gasteiger partial charge in [-0.1, -0.05) is 30.3 Å². The number of methoxy groups -OCH3 is 1. The second kappa shape index (κ2) is 12.9. The van der Waals surface area contributed by atoms with Crippen LogP contribution in [0.4, 0.5) is 0 Å². The Labute approximate surface area is 224 Å². The fraction of sp³-hybridized carbons (Fsp3) is 0.429. The molecule has 0 atom stereocenters. The maximum Gasteiger partial charge on any atom is 0.257 e. The number of amides is 2. The second-order valence-electron chi connectivity index (χ2n) is 9.30. The van der Waals surface area contributed by atoms with E-state index >= 15 is 0 Å². The van der Waals surface area contributed by atoms with E-state index in [2.05, 4.69) is 28.9 Å². The molecular weight excluding hydrogens is 492 g/mol. The van der Waals surface area contributed by atoms with Crippen molar-refractivity contribution in [2.75, 3.05) is 40.5 Å². The van der Waals surface area contributed by atoms with E-state index in [-0.39, 0.29) is 36.7 Å². The molecule has 1 fully saturated rings. The van der Waals surface area contributed by atoms with Gasteiger partial charge in [0.25, 0.3) is 11.8 Å². The Balaban J connectivity index is 0.00000380. The minimum Gasteiger partial charge on any atom is -0.483 e. The van der Waals surface area contributed by atoms with Crippen LogP contribution < -0.4 is 15.8 Å². The van der Waals surface area contributed by atoms with E-state index in [1.165, 1.54) is 0 Å². The van der Waals surface area contributed by atoms with Gasteiger partial charge in [-0.3, -0.25) is 9.59 Å². The molecule has 0 unspecified atom stereocenters. The lowest BCUT2D eigenvalue weighted by Gasteiger charge is -2.33. The highest BCUT2D eigenvalue weighted by Crippen LogP contribution is 2.36. The summed E-state index contributed by atoms with van der Waals surface area (Å²) in [5, 5.41) is 3.57. The average Bonchev–Trinajstić information content (AvgIpc) is 3.29. The smallest absolute Gasteiger partial charge is 0.257 e. The lowest BCUT2D eigenvalue weighted by atomic mass is 9.87. The number of hydrogen-bond acceptors (Lipinski definition) is 5. The van der Waals surface area contributed by atoms with Crippen LogP contribution in [0.15, 0.2) is 42.6 Å². The van der Waals surface area contributed by atoms with Crippen molar-refractivity contribution >= 4 is 35.1 Å². The summed E-state index contributed by atoms with van der Waals surface area (Å²) >= 11 is 0. The first-order chi connectivity index (χ1) is 17.5. The number of halogens is 1. The Hall–Kier alpha value is -3.07. The molecule has 0 spiro atoms. The fourth-order valence-electron chi connectivity index (χ4n) is 5.04. The van der Waals surface area contributed by atoms with Crippen molar-refractivity contribution in [1.82, 2.24) is 14.8 Å². The van der Waals surface area contributed by atoms with Gasteiger partial charge in [-0.2, -0.15) is 0 Å². The van der Waals surface area contributed by atoms with Crippen molar-refractivity contribution in [1.29, 1.82) is 0 Å². The summed E-state index contributed by atoms with van der Waals surface area (Å²) in [4.78, 5) is 27.3. The number of para-hydroxylation sites is 1. The average molecular weight is 529 g/mol. The molecule has 1 aliphatic rings. The molecule has 2 aromatic carbocycles. The first kappa shape index (κ1) is 28.5. The molecule has 9 heteroatoms. The largest absolute Gasteiger partial charge is 0.483 e. The molecular formula is C28H37ClN4O4. The monoisotopic (exact) mass is 528 g/mol. The highest BCUT2D eigenvalue weighted by Gasteiger charge is 2.28. The zero-order valence-corrected chi connectivity index (χ0v) is 22.6. The molecule has 1 aliphatic heterocycles. The number of hydrogen-bond donors (Lipinski definition) is 2. The zero-order valence-electron chi connectivity index (χ0n) is 21.8. The molecule has 2 heterocycles. The third-order valence-corrected chi connectivity index (χ3v) is 7.04. The molecule has 3 N–H and O–H groups in total. The lowest BCUT2D eigenvalue weighted by Crippen LogP contribution is -2.38. The van der Waals surface area contributed by atoms with Crippen molar-refractivity contribution in [2.24, 2.45) is 5.73 Å². The van der Waals surface area contributed by atoms with Crippen LogP contribution in [-0.4, -0.2) is 61.7 Å². The van der Waals surface area contributed by atoms with Crippen LogP contribution >= 0.6 is 12.4 Å². The minimum absolute atomic E-state index is 0. The molecule has 37 heavy (non-hydrogen) atoms. The third kappa shape index (κ3) is 6.26. The Bertz CT molecular complexity index is 1230. The summed E-state index contributed by atoms with van der Waals surface area (Å²) in [5.74, 6) is 0.818. The normalized spacial score (nSPS) is 13.9. The number of piperidine rings is 1. The van der Waals surface area contributed by atoms with Crippen molar-refractivity contribution < 1.29 is 19.1 Å². The van der Waals surface area contributed by atoms with Crippen molar-refractivity contribution in [3.8, 4) is 5.75 Å². The van der Waals surface area contributed by atoms with Gasteiger partial charge in [0, 0.05) is 51.9 Å². The van der Waals surface area contributed by atoms with Crippen molar-refractivity contribution in [2.45, 2.75) is 38.8 Å². The highest BCUT2D eigenvalue weighted by molar-refractivity contribution is 6.07. The van der Waals surface area contributed by atoms with Gasteiger partial charge in [0.2, 0.25) is 0 Å². The van der Waals surface area contributed by atoms with Crippen molar-refractivity contribution in [3.05, 3.63) is 64.8 Å². The number of fused-ring (bicyclic) bond motifs is 1. The van der Waals surface area contributed by atoms with Gasteiger partial charge in [0.1, 0.15) is 5.75 Å². The molecule has 1 saturated heterocycles. The summed E-state index contributed by atoms with van der Waals surface area (Å²) in [6, 6.07) is 12.0. The van der Waals surface area contributed by atoms with Gasteiger partial charge in [-0.05, 0) is 48.4 Å². The van der Waals surface area contributed by atoms with Crippen LogP contribution in [0.3, 0.4) is 0 Å². The summed E-state index contributed by atoms with van der Waals surface area (Å²) in [5.41, 5.74) is 10.9. The van der Waals surface area contributed by atoms with E-state index in [9.17, 15) is 9.59 Å². The number of nitrogens with zero attached hydrogens (tertiary/aromatic N) is 2. The summed E-state index contributed by atoms with van der Waals surface area (Å²) in [6.45, 7) is 5.07. The summed E-state index contributed by atoms with van der Waals surface area (Å²) in [7, 11) is 3.28. The van der Waals surface area contributed by atoms with Gasteiger partial charge in [-0.25, -0.2) is 0 Å².